The molecule has 3 aromatic carbocycles. The topological polar surface area (TPSA) is 52.2 Å². The molecule has 0 saturated carbocycles. The molecule has 0 bridgehead atoms. The molecule has 5 heteroatoms. The van der Waals surface area contributed by atoms with E-state index in [0.29, 0.717) is 27.3 Å². The Hall–Kier alpha value is -3.89. The van der Waals surface area contributed by atoms with E-state index in [1.54, 1.807) is 37.3 Å². The lowest BCUT2D eigenvalue weighted by molar-refractivity contribution is 0.101. The normalized spacial score (nSPS) is 11.6. The fraction of sp³-hybridized carbons (Fsp3) is 0.0714. The van der Waals surface area contributed by atoms with Gasteiger partial charge in [0.05, 0.1) is 10.9 Å². The average Bonchev–Trinajstić information content (AvgIpc) is 3.09. The van der Waals surface area contributed by atoms with Gasteiger partial charge in [-0.15, -0.1) is 0 Å². The van der Waals surface area contributed by atoms with Gasteiger partial charge in [-0.3, -0.25) is 9.59 Å². The van der Waals surface area contributed by atoms with Gasteiger partial charge in [0.15, 0.2) is 11.2 Å². The summed E-state index contributed by atoms with van der Waals surface area (Å²) in [5.41, 5.74) is 4.34. The molecule has 0 aliphatic heterocycles. The third-order valence-electron chi connectivity index (χ3n) is 5.75. The first kappa shape index (κ1) is 21.0. The molecule has 0 spiro atoms. The Morgan fingerprint density at radius 3 is 2.36 bits per heavy atom. The summed E-state index contributed by atoms with van der Waals surface area (Å²) in [6, 6.07) is 22.3. The smallest absolute Gasteiger partial charge is 0.193 e. The third-order valence-corrected chi connectivity index (χ3v) is 6.00. The van der Waals surface area contributed by atoms with Crippen LogP contribution in [0.3, 0.4) is 0 Å². The minimum Gasteiger partial charge on any atom is -0.456 e. The van der Waals surface area contributed by atoms with Gasteiger partial charge in [-0.05, 0) is 61.9 Å². The second kappa shape index (κ2) is 8.23. The van der Waals surface area contributed by atoms with Crippen LogP contribution in [-0.4, -0.2) is 10.4 Å². The first-order chi connectivity index (χ1) is 15.9. The lowest BCUT2D eigenvalue weighted by Crippen LogP contribution is -2.01. The SMILES string of the molecule is CC(=O)c1c(C)n(-c2ccc(Cl)cc2)c2cc3c(=O)cc(/C=C/c4ccccc4)oc3cc12. The molecule has 0 unspecified atom stereocenters. The Labute approximate surface area is 195 Å². The van der Waals surface area contributed by atoms with Gasteiger partial charge in [-0.1, -0.05) is 48.0 Å². The van der Waals surface area contributed by atoms with E-state index in [-0.39, 0.29) is 11.2 Å². The van der Waals surface area contributed by atoms with Gasteiger partial charge in [-0.2, -0.15) is 0 Å². The monoisotopic (exact) mass is 453 g/mol. The Balaban J connectivity index is 1.74. The number of Topliss-reactive ketones (excluding diaryl/α,β-unsaturated/α-hetero) is 1. The van der Waals surface area contributed by atoms with Crippen LogP contribution in [0.1, 0.15) is 34.3 Å². The highest BCUT2D eigenvalue weighted by molar-refractivity contribution is 6.30. The van der Waals surface area contributed by atoms with E-state index in [0.717, 1.165) is 27.8 Å². The van der Waals surface area contributed by atoms with E-state index < -0.39 is 0 Å². The summed E-state index contributed by atoms with van der Waals surface area (Å²) < 4.78 is 8.03. The van der Waals surface area contributed by atoms with Crippen LogP contribution in [-0.2, 0) is 0 Å². The number of halogens is 1. The molecule has 5 aromatic rings. The third kappa shape index (κ3) is 3.79. The van der Waals surface area contributed by atoms with Crippen molar-refractivity contribution in [3.63, 3.8) is 0 Å². The Kier molecular flexibility index (Phi) is 5.23. The van der Waals surface area contributed by atoms with Crippen LogP contribution >= 0.6 is 11.6 Å². The summed E-state index contributed by atoms with van der Waals surface area (Å²) in [4.78, 5) is 25.6. The molecule has 5 rings (SSSR count). The predicted octanol–water partition coefficient (Wildman–Crippen LogP) is 7.07. The summed E-state index contributed by atoms with van der Waals surface area (Å²) in [6.45, 7) is 3.45. The van der Waals surface area contributed by atoms with Crippen molar-refractivity contribution in [1.82, 2.24) is 4.57 Å². The number of nitrogens with zero attached hydrogens (tertiary/aromatic N) is 1. The van der Waals surface area contributed by atoms with Crippen molar-refractivity contribution in [1.29, 1.82) is 0 Å². The molecule has 0 atom stereocenters. The lowest BCUT2D eigenvalue weighted by atomic mass is 10.1. The van der Waals surface area contributed by atoms with Crippen molar-refractivity contribution < 1.29 is 9.21 Å². The van der Waals surface area contributed by atoms with E-state index in [1.165, 1.54) is 6.07 Å². The van der Waals surface area contributed by atoms with Crippen molar-refractivity contribution >= 4 is 51.4 Å². The Morgan fingerprint density at radius 1 is 0.939 bits per heavy atom. The molecule has 0 aliphatic rings. The minimum atomic E-state index is -0.142. The van der Waals surface area contributed by atoms with E-state index in [9.17, 15) is 9.59 Å². The number of hydrogen-bond acceptors (Lipinski definition) is 3. The quantitative estimate of drug-likeness (QED) is 0.273. The number of benzene rings is 3. The molecule has 162 valence electrons. The molecule has 0 amide bonds. The van der Waals surface area contributed by atoms with Gasteiger partial charge < -0.3 is 8.98 Å². The fourth-order valence-electron chi connectivity index (χ4n) is 4.27. The van der Waals surface area contributed by atoms with Crippen molar-refractivity contribution in [3.05, 3.63) is 111 Å². The number of ketones is 1. The molecule has 2 aromatic heterocycles. The maximum Gasteiger partial charge on any atom is 0.193 e. The first-order valence-electron chi connectivity index (χ1n) is 10.6. The van der Waals surface area contributed by atoms with Crippen molar-refractivity contribution in [3.8, 4) is 5.69 Å². The van der Waals surface area contributed by atoms with Crippen molar-refractivity contribution in [2.75, 3.05) is 0 Å². The van der Waals surface area contributed by atoms with E-state index in [4.69, 9.17) is 16.0 Å². The molecular weight excluding hydrogens is 434 g/mol. The van der Waals surface area contributed by atoms with Crippen LogP contribution in [0.2, 0.25) is 5.02 Å². The lowest BCUT2D eigenvalue weighted by Gasteiger charge is -2.09. The number of fused-ring (bicyclic) bond motifs is 2. The number of aromatic nitrogens is 1. The highest BCUT2D eigenvalue weighted by atomic mass is 35.5. The molecule has 0 N–H and O–H groups in total. The number of carbonyl (C=O) groups excluding carboxylic acids is 1. The predicted molar refractivity (Wildman–Crippen MR) is 134 cm³/mol. The van der Waals surface area contributed by atoms with Crippen LogP contribution in [0, 0.1) is 6.92 Å². The number of carbonyl (C=O) groups is 1. The minimum absolute atomic E-state index is 0.0490. The fourth-order valence-corrected chi connectivity index (χ4v) is 4.40. The summed E-state index contributed by atoms with van der Waals surface area (Å²) in [6.07, 6.45) is 3.67. The van der Waals surface area contributed by atoms with Gasteiger partial charge >= 0.3 is 0 Å². The van der Waals surface area contributed by atoms with Gasteiger partial charge in [0.25, 0.3) is 0 Å². The van der Waals surface area contributed by atoms with Crippen LogP contribution in [0.25, 0.3) is 39.7 Å². The molecule has 0 radical (unpaired) electrons. The maximum absolute atomic E-state index is 13.0. The molecule has 0 fully saturated rings. The zero-order valence-electron chi connectivity index (χ0n) is 18.1. The number of hydrogen-bond donors (Lipinski definition) is 0. The standard InChI is InChI=1S/C28H20ClNO3/c1-17-28(18(2)31)23-16-27-24(15-25(23)30(17)21-11-9-20(29)10-12-21)26(32)14-22(33-27)13-8-19-6-4-3-5-7-19/h3-16H,1-2H3/b13-8+. The highest BCUT2D eigenvalue weighted by Crippen LogP contribution is 2.33. The average molecular weight is 454 g/mol. The highest BCUT2D eigenvalue weighted by Gasteiger charge is 2.20. The summed E-state index contributed by atoms with van der Waals surface area (Å²) >= 11 is 6.07. The zero-order chi connectivity index (χ0) is 23.1. The Bertz CT molecular complexity index is 1610. The van der Waals surface area contributed by atoms with Crippen LogP contribution in [0.4, 0.5) is 0 Å². The molecule has 0 aliphatic carbocycles. The number of rotatable bonds is 4. The van der Waals surface area contributed by atoms with Gasteiger partial charge in [-0.25, -0.2) is 0 Å². The summed E-state index contributed by atoms with van der Waals surface area (Å²) in [5.74, 6) is 0.404. The van der Waals surface area contributed by atoms with E-state index in [2.05, 4.69) is 0 Å². The van der Waals surface area contributed by atoms with Gasteiger partial charge in [0.2, 0.25) is 0 Å². The second-order valence-corrected chi connectivity index (χ2v) is 8.39. The molecule has 33 heavy (non-hydrogen) atoms. The van der Waals surface area contributed by atoms with Gasteiger partial charge in [0, 0.05) is 33.4 Å². The van der Waals surface area contributed by atoms with Crippen molar-refractivity contribution in [2.45, 2.75) is 13.8 Å². The molecule has 2 heterocycles. The molecular formula is C28H20ClNO3. The van der Waals surface area contributed by atoms with Gasteiger partial charge in [0.1, 0.15) is 11.3 Å². The van der Waals surface area contributed by atoms with Crippen LogP contribution in [0.15, 0.2) is 82.0 Å². The largest absolute Gasteiger partial charge is 0.456 e. The molecule has 0 saturated heterocycles. The van der Waals surface area contributed by atoms with E-state index >= 15 is 0 Å². The van der Waals surface area contributed by atoms with Crippen LogP contribution in [0.5, 0.6) is 0 Å². The summed E-state index contributed by atoms with van der Waals surface area (Å²) in [7, 11) is 0. The van der Waals surface area contributed by atoms with Crippen molar-refractivity contribution in [2.24, 2.45) is 0 Å². The molecule has 4 nitrogen and oxygen atoms in total. The first-order valence-corrected chi connectivity index (χ1v) is 10.9. The Morgan fingerprint density at radius 2 is 1.67 bits per heavy atom. The van der Waals surface area contributed by atoms with Crippen LogP contribution < -0.4 is 5.43 Å². The second-order valence-electron chi connectivity index (χ2n) is 7.95. The maximum atomic E-state index is 13.0. The van der Waals surface area contributed by atoms with E-state index in [1.807, 2.05) is 60.0 Å². The zero-order valence-corrected chi connectivity index (χ0v) is 18.9. The summed E-state index contributed by atoms with van der Waals surface area (Å²) in [5, 5.41) is 1.83.